The summed E-state index contributed by atoms with van der Waals surface area (Å²) in [6.07, 6.45) is 3.40. The van der Waals surface area contributed by atoms with Gasteiger partial charge in [0, 0.05) is 6.92 Å². The van der Waals surface area contributed by atoms with Crippen LogP contribution in [0.5, 0.6) is 0 Å². The molecule has 0 fully saturated rings. The number of aryl methyl sites for hydroxylation is 1. The first-order valence-corrected chi connectivity index (χ1v) is 9.22. The number of rotatable bonds is 10. The van der Waals surface area contributed by atoms with E-state index in [0.29, 0.717) is 0 Å². The average molecular weight is 361 g/mol. The van der Waals surface area contributed by atoms with Crippen molar-refractivity contribution in [2.45, 2.75) is 53.0 Å². The van der Waals surface area contributed by atoms with Gasteiger partial charge in [-0.05, 0) is 29.9 Å². The van der Waals surface area contributed by atoms with Gasteiger partial charge in [-0.3, -0.25) is 14.4 Å². The van der Waals surface area contributed by atoms with Crippen LogP contribution in [0.25, 0.3) is 0 Å². The van der Waals surface area contributed by atoms with Crippen LogP contribution in [0.1, 0.15) is 57.7 Å². The molecule has 0 saturated carbocycles. The number of carbonyl (C=O) groups excluding carboxylic acids is 3. The first-order valence-electron chi connectivity index (χ1n) is 9.22. The fourth-order valence-corrected chi connectivity index (χ4v) is 2.58. The van der Waals surface area contributed by atoms with Gasteiger partial charge in [0.15, 0.2) is 0 Å². The zero-order chi connectivity index (χ0) is 19.5. The molecule has 0 heterocycles. The number of nitrogens with one attached hydrogen (secondary N) is 3. The number of carbonyl (C=O) groups is 3. The Bertz CT molecular complexity index is 597. The van der Waals surface area contributed by atoms with Crippen molar-refractivity contribution in [3.05, 3.63) is 35.4 Å². The van der Waals surface area contributed by atoms with E-state index < -0.39 is 5.91 Å². The molecule has 0 bridgehead atoms. The lowest BCUT2D eigenvalue weighted by Gasteiger charge is -2.23. The minimum absolute atomic E-state index is 0.115. The van der Waals surface area contributed by atoms with E-state index in [1.807, 2.05) is 13.8 Å². The highest BCUT2D eigenvalue weighted by Gasteiger charge is 2.18. The summed E-state index contributed by atoms with van der Waals surface area (Å²) < 4.78 is 0. The lowest BCUT2D eigenvalue weighted by atomic mass is 9.94. The molecule has 1 unspecified atom stereocenters. The van der Waals surface area contributed by atoms with Gasteiger partial charge in [0.1, 0.15) is 0 Å². The molecule has 6 heteroatoms. The van der Waals surface area contributed by atoms with E-state index in [-0.39, 0.29) is 36.9 Å². The summed E-state index contributed by atoms with van der Waals surface area (Å²) in [6, 6.07) is 8.23. The summed E-state index contributed by atoms with van der Waals surface area (Å²) in [6.45, 7) is 7.36. The fraction of sp³-hybridized carbons (Fsp3) is 0.550. The summed E-state index contributed by atoms with van der Waals surface area (Å²) in [5.74, 6) is -0.714. The van der Waals surface area contributed by atoms with Gasteiger partial charge >= 0.3 is 0 Å². The molecule has 3 amide bonds. The molecule has 144 valence electrons. The second-order valence-corrected chi connectivity index (χ2v) is 6.82. The first-order chi connectivity index (χ1) is 12.3. The SMILES string of the molecule is CCCCc1ccc(C(NC(=O)CNC(=O)CNC(C)=O)C(C)C)cc1. The molecule has 3 N–H and O–H groups in total. The van der Waals surface area contributed by atoms with E-state index in [2.05, 4.69) is 47.1 Å². The second kappa shape index (κ2) is 11.3. The third kappa shape index (κ3) is 8.14. The van der Waals surface area contributed by atoms with Gasteiger partial charge in [-0.2, -0.15) is 0 Å². The molecule has 0 saturated heterocycles. The minimum Gasteiger partial charge on any atom is -0.348 e. The zero-order valence-electron chi connectivity index (χ0n) is 16.2. The number of hydrogen-bond donors (Lipinski definition) is 3. The standard InChI is InChI=1S/C20H31N3O3/c1-5-6-7-16-8-10-17(11-9-16)20(14(2)3)23-19(26)13-22-18(25)12-21-15(4)24/h8-11,14,20H,5-7,12-13H2,1-4H3,(H,21,24)(H,22,25)(H,23,26). The molecule has 1 rings (SSSR count). The number of benzene rings is 1. The predicted molar refractivity (Wildman–Crippen MR) is 102 cm³/mol. The monoisotopic (exact) mass is 361 g/mol. The van der Waals surface area contributed by atoms with Crippen molar-refractivity contribution < 1.29 is 14.4 Å². The largest absolute Gasteiger partial charge is 0.348 e. The molecule has 1 aromatic rings. The molecule has 0 aliphatic heterocycles. The Kier molecular flexibility index (Phi) is 9.41. The van der Waals surface area contributed by atoms with E-state index in [0.717, 1.165) is 12.0 Å². The Morgan fingerprint density at radius 3 is 2.12 bits per heavy atom. The quantitative estimate of drug-likeness (QED) is 0.596. The maximum atomic E-state index is 12.2. The molecule has 0 aliphatic carbocycles. The van der Waals surface area contributed by atoms with E-state index in [9.17, 15) is 14.4 Å². The van der Waals surface area contributed by atoms with Crippen molar-refractivity contribution in [2.75, 3.05) is 13.1 Å². The molecule has 0 aliphatic rings. The number of unbranched alkanes of at least 4 members (excludes halogenated alkanes) is 1. The van der Waals surface area contributed by atoms with Gasteiger partial charge in [0.25, 0.3) is 0 Å². The highest BCUT2D eigenvalue weighted by Crippen LogP contribution is 2.22. The van der Waals surface area contributed by atoms with Gasteiger partial charge in [-0.1, -0.05) is 51.5 Å². The summed E-state index contributed by atoms with van der Waals surface area (Å²) in [7, 11) is 0. The van der Waals surface area contributed by atoms with Crippen molar-refractivity contribution in [2.24, 2.45) is 5.92 Å². The average Bonchev–Trinajstić information content (AvgIpc) is 2.61. The van der Waals surface area contributed by atoms with Crippen molar-refractivity contribution in [3.63, 3.8) is 0 Å². The Hall–Kier alpha value is -2.37. The lowest BCUT2D eigenvalue weighted by molar-refractivity contribution is -0.127. The van der Waals surface area contributed by atoms with Crippen LogP contribution in [0.3, 0.4) is 0 Å². The fourth-order valence-electron chi connectivity index (χ4n) is 2.58. The minimum atomic E-state index is -0.392. The summed E-state index contributed by atoms with van der Waals surface area (Å²) >= 11 is 0. The molecule has 0 spiro atoms. The van der Waals surface area contributed by atoms with Crippen LogP contribution in [0.4, 0.5) is 0 Å². The second-order valence-electron chi connectivity index (χ2n) is 6.82. The normalized spacial score (nSPS) is 11.7. The van der Waals surface area contributed by atoms with Crippen molar-refractivity contribution >= 4 is 17.7 Å². The van der Waals surface area contributed by atoms with Crippen molar-refractivity contribution in [1.29, 1.82) is 0 Å². The highest BCUT2D eigenvalue weighted by atomic mass is 16.2. The highest BCUT2D eigenvalue weighted by molar-refractivity contribution is 5.87. The van der Waals surface area contributed by atoms with Gasteiger partial charge in [0.2, 0.25) is 17.7 Å². The molecule has 1 aromatic carbocycles. The molecular formula is C20H31N3O3. The van der Waals surface area contributed by atoms with Crippen LogP contribution < -0.4 is 16.0 Å². The topological polar surface area (TPSA) is 87.3 Å². The molecule has 0 radical (unpaired) electrons. The summed E-state index contributed by atoms with van der Waals surface area (Å²) in [4.78, 5) is 34.5. The van der Waals surface area contributed by atoms with E-state index in [4.69, 9.17) is 0 Å². The maximum absolute atomic E-state index is 12.2. The van der Waals surface area contributed by atoms with E-state index in [1.165, 1.54) is 25.3 Å². The van der Waals surface area contributed by atoms with Gasteiger partial charge in [-0.15, -0.1) is 0 Å². The molecular weight excluding hydrogens is 330 g/mol. The Morgan fingerprint density at radius 2 is 1.58 bits per heavy atom. The number of hydrogen-bond acceptors (Lipinski definition) is 3. The van der Waals surface area contributed by atoms with Crippen LogP contribution in [0.2, 0.25) is 0 Å². The molecule has 1 atom stereocenters. The van der Waals surface area contributed by atoms with Gasteiger partial charge < -0.3 is 16.0 Å². The first kappa shape index (κ1) is 21.7. The Morgan fingerprint density at radius 1 is 0.962 bits per heavy atom. The van der Waals surface area contributed by atoms with E-state index >= 15 is 0 Å². The van der Waals surface area contributed by atoms with Crippen LogP contribution in [-0.4, -0.2) is 30.8 Å². The summed E-state index contributed by atoms with van der Waals surface area (Å²) in [5, 5.41) is 7.87. The van der Waals surface area contributed by atoms with Crippen LogP contribution in [-0.2, 0) is 20.8 Å². The van der Waals surface area contributed by atoms with Crippen molar-refractivity contribution in [3.8, 4) is 0 Å². The van der Waals surface area contributed by atoms with E-state index in [1.54, 1.807) is 0 Å². The van der Waals surface area contributed by atoms with Gasteiger partial charge in [-0.25, -0.2) is 0 Å². The lowest BCUT2D eigenvalue weighted by Crippen LogP contribution is -2.43. The van der Waals surface area contributed by atoms with Crippen LogP contribution in [0.15, 0.2) is 24.3 Å². The maximum Gasteiger partial charge on any atom is 0.239 e. The Labute approximate surface area is 156 Å². The summed E-state index contributed by atoms with van der Waals surface area (Å²) in [5.41, 5.74) is 2.35. The van der Waals surface area contributed by atoms with Crippen LogP contribution in [0, 0.1) is 5.92 Å². The van der Waals surface area contributed by atoms with Crippen LogP contribution >= 0.6 is 0 Å². The zero-order valence-corrected chi connectivity index (χ0v) is 16.2. The third-order valence-electron chi connectivity index (χ3n) is 4.09. The van der Waals surface area contributed by atoms with Crippen molar-refractivity contribution in [1.82, 2.24) is 16.0 Å². The smallest absolute Gasteiger partial charge is 0.239 e. The van der Waals surface area contributed by atoms with Gasteiger partial charge in [0.05, 0.1) is 19.1 Å². The predicted octanol–water partition coefficient (Wildman–Crippen LogP) is 2.09. The number of amides is 3. The molecule has 0 aromatic heterocycles. The molecule has 26 heavy (non-hydrogen) atoms. The molecule has 6 nitrogen and oxygen atoms in total. The Balaban J connectivity index is 2.57. The third-order valence-corrected chi connectivity index (χ3v) is 4.09.